The van der Waals surface area contributed by atoms with Crippen LogP contribution in [0.25, 0.3) is 10.9 Å². The van der Waals surface area contributed by atoms with Gasteiger partial charge in [0.1, 0.15) is 0 Å². The molecule has 0 aliphatic carbocycles. The third kappa shape index (κ3) is 2.03. The second-order valence-electron chi connectivity index (χ2n) is 3.37. The lowest BCUT2D eigenvalue weighted by molar-refractivity contribution is 0.163. The van der Waals surface area contributed by atoms with Crippen molar-refractivity contribution in [1.82, 2.24) is 4.98 Å². The van der Waals surface area contributed by atoms with Gasteiger partial charge in [0.25, 0.3) is 6.43 Å². The molecular formula is C11H11F2N3. The molecule has 3 nitrogen and oxygen atoms in total. The maximum absolute atomic E-state index is 12.1. The van der Waals surface area contributed by atoms with Crippen molar-refractivity contribution in [2.24, 2.45) is 0 Å². The summed E-state index contributed by atoms with van der Waals surface area (Å²) in [7, 11) is 0. The van der Waals surface area contributed by atoms with Gasteiger partial charge >= 0.3 is 0 Å². The second kappa shape index (κ2) is 4.30. The summed E-state index contributed by atoms with van der Waals surface area (Å²) >= 11 is 0. The largest absolute Gasteiger partial charge is 0.398 e. The number of alkyl halides is 2. The van der Waals surface area contributed by atoms with E-state index in [1.807, 2.05) is 6.07 Å². The molecular weight excluding hydrogens is 212 g/mol. The minimum absolute atomic E-state index is 0.393. The van der Waals surface area contributed by atoms with Crippen LogP contribution in [0.4, 0.5) is 20.2 Å². The van der Waals surface area contributed by atoms with Gasteiger partial charge in [0.15, 0.2) is 0 Å². The molecule has 0 aliphatic heterocycles. The molecule has 0 aliphatic rings. The molecule has 16 heavy (non-hydrogen) atoms. The van der Waals surface area contributed by atoms with E-state index in [4.69, 9.17) is 5.73 Å². The predicted octanol–water partition coefficient (Wildman–Crippen LogP) is 2.49. The Kier molecular flexibility index (Phi) is 2.85. The Labute approximate surface area is 91.3 Å². The minimum atomic E-state index is -2.39. The maximum Gasteiger partial charge on any atom is 0.255 e. The van der Waals surface area contributed by atoms with Crippen molar-refractivity contribution in [3.8, 4) is 0 Å². The number of nitrogen functional groups attached to an aromatic ring is 1. The van der Waals surface area contributed by atoms with E-state index in [0.717, 1.165) is 5.39 Å². The van der Waals surface area contributed by atoms with Crippen LogP contribution in [0.1, 0.15) is 0 Å². The summed E-state index contributed by atoms with van der Waals surface area (Å²) in [5, 5.41) is 3.41. The van der Waals surface area contributed by atoms with E-state index in [0.29, 0.717) is 16.9 Å². The summed E-state index contributed by atoms with van der Waals surface area (Å²) in [5.41, 5.74) is 7.54. The minimum Gasteiger partial charge on any atom is -0.398 e. The number of rotatable bonds is 3. The number of hydrogen-bond donors (Lipinski definition) is 2. The normalized spacial score (nSPS) is 10.9. The zero-order chi connectivity index (χ0) is 11.5. The first kappa shape index (κ1) is 10.6. The molecule has 2 aromatic rings. The topological polar surface area (TPSA) is 50.9 Å². The highest BCUT2D eigenvalue weighted by molar-refractivity contribution is 5.98. The molecule has 0 saturated carbocycles. The van der Waals surface area contributed by atoms with Gasteiger partial charge in [0, 0.05) is 17.3 Å². The van der Waals surface area contributed by atoms with Crippen molar-refractivity contribution in [3.63, 3.8) is 0 Å². The van der Waals surface area contributed by atoms with E-state index in [2.05, 4.69) is 10.3 Å². The van der Waals surface area contributed by atoms with Crippen molar-refractivity contribution >= 4 is 22.3 Å². The van der Waals surface area contributed by atoms with Gasteiger partial charge in [-0.3, -0.25) is 4.98 Å². The number of hydrogen-bond acceptors (Lipinski definition) is 3. The summed E-state index contributed by atoms with van der Waals surface area (Å²) in [6.07, 6.45) is -0.786. The lowest BCUT2D eigenvalue weighted by Gasteiger charge is -2.09. The van der Waals surface area contributed by atoms with Gasteiger partial charge in [-0.2, -0.15) is 0 Å². The predicted molar refractivity (Wildman–Crippen MR) is 60.6 cm³/mol. The van der Waals surface area contributed by atoms with Gasteiger partial charge in [-0.15, -0.1) is 0 Å². The fourth-order valence-electron chi connectivity index (χ4n) is 1.52. The molecule has 3 N–H and O–H groups in total. The molecule has 0 bridgehead atoms. The van der Waals surface area contributed by atoms with Crippen LogP contribution >= 0.6 is 0 Å². The summed E-state index contributed by atoms with van der Waals surface area (Å²) in [4.78, 5) is 4.13. The number of pyridine rings is 1. The van der Waals surface area contributed by atoms with Crippen LogP contribution < -0.4 is 11.1 Å². The summed E-state index contributed by atoms with van der Waals surface area (Å²) < 4.78 is 24.2. The second-order valence-corrected chi connectivity index (χ2v) is 3.37. The molecule has 5 heteroatoms. The fourth-order valence-corrected chi connectivity index (χ4v) is 1.52. The van der Waals surface area contributed by atoms with Crippen LogP contribution in [0.5, 0.6) is 0 Å². The number of aromatic nitrogens is 1. The number of nitrogens with two attached hydrogens (primary N) is 1. The first-order valence-electron chi connectivity index (χ1n) is 4.83. The van der Waals surface area contributed by atoms with E-state index in [1.54, 1.807) is 24.4 Å². The van der Waals surface area contributed by atoms with Crippen molar-refractivity contribution in [3.05, 3.63) is 30.5 Å². The molecule has 1 heterocycles. The first-order chi connectivity index (χ1) is 7.68. The Morgan fingerprint density at radius 1 is 1.31 bits per heavy atom. The maximum atomic E-state index is 12.1. The smallest absolute Gasteiger partial charge is 0.255 e. The van der Waals surface area contributed by atoms with Crippen LogP contribution in [0.2, 0.25) is 0 Å². The number of nitrogens with zero attached hydrogens (tertiary/aromatic N) is 1. The van der Waals surface area contributed by atoms with Crippen molar-refractivity contribution in [2.75, 3.05) is 17.6 Å². The van der Waals surface area contributed by atoms with Gasteiger partial charge in [-0.1, -0.05) is 0 Å². The zero-order valence-corrected chi connectivity index (χ0v) is 8.45. The number of anilines is 2. The zero-order valence-electron chi connectivity index (χ0n) is 8.45. The highest BCUT2D eigenvalue weighted by atomic mass is 19.3. The molecule has 0 atom stereocenters. The molecule has 0 spiro atoms. The van der Waals surface area contributed by atoms with E-state index in [1.165, 1.54) is 0 Å². The Morgan fingerprint density at radius 2 is 2.12 bits per heavy atom. The van der Waals surface area contributed by atoms with Crippen LogP contribution in [-0.4, -0.2) is 18.0 Å². The molecule has 84 valence electrons. The van der Waals surface area contributed by atoms with Crippen molar-refractivity contribution in [2.45, 2.75) is 6.43 Å². The van der Waals surface area contributed by atoms with Gasteiger partial charge in [-0.05, 0) is 24.3 Å². The van der Waals surface area contributed by atoms with Crippen LogP contribution in [-0.2, 0) is 0 Å². The monoisotopic (exact) mass is 223 g/mol. The molecule has 1 aromatic heterocycles. The Hall–Kier alpha value is -1.91. The van der Waals surface area contributed by atoms with Crippen LogP contribution in [0, 0.1) is 0 Å². The van der Waals surface area contributed by atoms with Gasteiger partial charge in [0.05, 0.1) is 17.7 Å². The Bertz CT molecular complexity index is 500. The average Bonchev–Trinajstić information content (AvgIpc) is 2.28. The van der Waals surface area contributed by atoms with Gasteiger partial charge in [-0.25, -0.2) is 8.78 Å². The quantitative estimate of drug-likeness (QED) is 0.786. The lowest BCUT2D eigenvalue weighted by atomic mass is 10.1. The third-order valence-electron chi connectivity index (χ3n) is 2.25. The van der Waals surface area contributed by atoms with Crippen molar-refractivity contribution in [1.29, 1.82) is 0 Å². The molecule has 0 amide bonds. The van der Waals surface area contributed by atoms with E-state index in [-0.39, 0.29) is 0 Å². The lowest BCUT2D eigenvalue weighted by Crippen LogP contribution is -2.10. The molecule has 1 aromatic carbocycles. The standard InChI is InChI=1S/C11H11F2N3/c12-10(13)6-16-9-4-3-8(14)7-2-1-5-15-11(7)9/h1-5,10,16H,6,14H2. The van der Waals surface area contributed by atoms with E-state index < -0.39 is 13.0 Å². The highest BCUT2D eigenvalue weighted by Crippen LogP contribution is 2.26. The van der Waals surface area contributed by atoms with E-state index in [9.17, 15) is 8.78 Å². The Balaban J connectivity index is 2.42. The third-order valence-corrected chi connectivity index (χ3v) is 2.25. The summed E-state index contributed by atoms with van der Waals surface area (Å²) in [6, 6.07) is 6.91. The Morgan fingerprint density at radius 3 is 2.88 bits per heavy atom. The van der Waals surface area contributed by atoms with Crippen LogP contribution in [0.15, 0.2) is 30.5 Å². The SMILES string of the molecule is Nc1ccc(NCC(F)F)c2ncccc12. The fraction of sp³-hybridized carbons (Fsp3) is 0.182. The molecule has 0 unspecified atom stereocenters. The molecule has 0 fully saturated rings. The summed E-state index contributed by atoms with van der Waals surface area (Å²) in [5.74, 6) is 0. The number of halogens is 2. The first-order valence-corrected chi connectivity index (χ1v) is 4.83. The highest BCUT2D eigenvalue weighted by Gasteiger charge is 2.07. The molecule has 0 radical (unpaired) electrons. The molecule has 0 saturated heterocycles. The van der Waals surface area contributed by atoms with Crippen LogP contribution in [0.3, 0.4) is 0 Å². The van der Waals surface area contributed by atoms with Gasteiger partial charge in [0.2, 0.25) is 0 Å². The van der Waals surface area contributed by atoms with Crippen molar-refractivity contribution < 1.29 is 8.78 Å². The number of nitrogens with one attached hydrogen (secondary N) is 1. The summed E-state index contributed by atoms with van der Waals surface area (Å²) in [6.45, 7) is -0.393. The van der Waals surface area contributed by atoms with Gasteiger partial charge < -0.3 is 11.1 Å². The van der Waals surface area contributed by atoms with E-state index >= 15 is 0 Å². The average molecular weight is 223 g/mol. The molecule has 2 rings (SSSR count). The number of fused-ring (bicyclic) bond motifs is 1. The number of benzene rings is 1.